The predicted molar refractivity (Wildman–Crippen MR) is 74.4 cm³/mol. The maximum atomic E-state index is 11.9. The normalized spacial score (nSPS) is 27.7. The van der Waals surface area contributed by atoms with Crippen LogP contribution in [0.3, 0.4) is 0 Å². The molecule has 0 bridgehead atoms. The molecule has 118 valence electrons. The van der Waals surface area contributed by atoms with Gasteiger partial charge in [-0.15, -0.1) is 0 Å². The molecule has 3 N–H and O–H groups in total. The van der Waals surface area contributed by atoms with Gasteiger partial charge in [-0.2, -0.15) is 17.4 Å². The van der Waals surface area contributed by atoms with Gasteiger partial charge in [0.1, 0.15) is 0 Å². The summed E-state index contributed by atoms with van der Waals surface area (Å²) >= 11 is 0. The first kappa shape index (κ1) is 17.4. The second-order valence-electron chi connectivity index (χ2n) is 5.72. The molecule has 20 heavy (non-hydrogen) atoms. The van der Waals surface area contributed by atoms with Crippen LogP contribution in [0.4, 0.5) is 0 Å². The first-order chi connectivity index (χ1) is 9.15. The number of aliphatic carboxylic acids is 1. The zero-order chi connectivity index (χ0) is 15.4. The third kappa shape index (κ3) is 5.35. The molecule has 0 heterocycles. The lowest BCUT2D eigenvalue weighted by Gasteiger charge is -2.35. The van der Waals surface area contributed by atoms with Gasteiger partial charge in [-0.3, -0.25) is 4.79 Å². The Hall–Kier alpha value is -0.700. The average Bonchev–Trinajstić information content (AvgIpc) is 2.33. The maximum absolute atomic E-state index is 11.9. The zero-order valence-corrected chi connectivity index (χ0v) is 12.8. The molecule has 2 unspecified atom stereocenters. The lowest BCUT2D eigenvalue weighted by atomic mass is 9.79. The number of aliphatic hydroxyl groups is 1. The molecule has 0 spiro atoms. The van der Waals surface area contributed by atoms with Gasteiger partial charge in [0.25, 0.3) is 10.2 Å². The van der Waals surface area contributed by atoms with E-state index >= 15 is 0 Å². The van der Waals surface area contributed by atoms with Gasteiger partial charge >= 0.3 is 5.97 Å². The fourth-order valence-corrected chi connectivity index (χ4v) is 3.51. The number of carbonyl (C=O) groups is 1. The SMILES string of the molecule is CC1CCCC(O)(CNS(=O)(=O)N(C)CCC(=O)O)C1. The first-order valence-electron chi connectivity index (χ1n) is 6.80. The summed E-state index contributed by atoms with van der Waals surface area (Å²) in [6.45, 7) is 1.91. The van der Waals surface area contributed by atoms with Crippen molar-refractivity contribution in [3.63, 3.8) is 0 Å². The minimum atomic E-state index is -3.75. The summed E-state index contributed by atoms with van der Waals surface area (Å²) in [6.07, 6.45) is 2.84. The lowest BCUT2D eigenvalue weighted by Crippen LogP contribution is -2.49. The molecule has 1 aliphatic rings. The van der Waals surface area contributed by atoms with Crippen molar-refractivity contribution in [3.8, 4) is 0 Å². The molecule has 0 radical (unpaired) electrons. The maximum Gasteiger partial charge on any atom is 0.304 e. The van der Waals surface area contributed by atoms with E-state index in [-0.39, 0.29) is 19.5 Å². The molecule has 0 aromatic carbocycles. The van der Waals surface area contributed by atoms with Crippen molar-refractivity contribution in [2.75, 3.05) is 20.1 Å². The number of carboxylic acids is 1. The number of carboxylic acid groups (broad SMARTS) is 1. The van der Waals surface area contributed by atoms with Crippen LogP contribution in [-0.4, -0.2) is 54.6 Å². The molecule has 0 aromatic rings. The Balaban J connectivity index is 2.51. The molecular formula is C12H24N2O5S. The Kier molecular flexibility index (Phi) is 5.93. The largest absolute Gasteiger partial charge is 0.481 e. The van der Waals surface area contributed by atoms with E-state index in [1.165, 1.54) is 7.05 Å². The Morgan fingerprint density at radius 3 is 2.70 bits per heavy atom. The van der Waals surface area contributed by atoms with Crippen molar-refractivity contribution in [1.29, 1.82) is 0 Å². The highest BCUT2D eigenvalue weighted by molar-refractivity contribution is 7.87. The summed E-state index contributed by atoms with van der Waals surface area (Å²) in [4.78, 5) is 10.4. The number of hydrogen-bond acceptors (Lipinski definition) is 4. The van der Waals surface area contributed by atoms with Gasteiger partial charge in [0.05, 0.1) is 12.0 Å². The highest BCUT2D eigenvalue weighted by Crippen LogP contribution is 2.31. The van der Waals surface area contributed by atoms with Crippen LogP contribution in [-0.2, 0) is 15.0 Å². The fraction of sp³-hybridized carbons (Fsp3) is 0.917. The van der Waals surface area contributed by atoms with Crippen molar-refractivity contribution in [3.05, 3.63) is 0 Å². The minimum Gasteiger partial charge on any atom is -0.481 e. The van der Waals surface area contributed by atoms with Gasteiger partial charge in [-0.1, -0.05) is 19.8 Å². The van der Waals surface area contributed by atoms with E-state index in [4.69, 9.17) is 5.11 Å². The number of nitrogens with zero attached hydrogens (tertiary/aromatic N) is 1. The van der Waals surface area contributed by atoms with Gasteiger partial charge in [-0.25, -0.2) is 0 Å². The number of hydrogen-bond donors (Lipinski definition) is 3. The fourth-order valence-electron chi connectivity index (χ4n) is 2.50. The Morgan fingerprint density at radius 2 is 2.15 bits per heavy atom. The highest BCUT2D eigenvalue weighted by atomic mass is 32.2. The van der Waals surface area contributed by atoms with Crippen LogP contribution in [0.15, 0.2) is 0 Å². The third-order valence-corrected chi connectivity index (χ3v) is 5.21. The third-order valence-electron chi connectivity index (χ3n) is 3.70. The van der Waals surface area contributed by atoms with Gasteiger partial charge in [0.2, 0.25) is 0 Å². The number of nitrogens with one attached hydrogen (secondary N) is 1. The van der Waals surface area contributed by atoms with Gasteiger partial charge in [-0.05, 0) is 18.8 Å². The molecule has 0 saturated heterocycles. The predicted octanol–water partition coefficient (Wildman–Crippen LogP) is 0.169. The van der Waals surface area contributed by atoms with Crippen molar-refractivity contribution in [2.45, 2.75) is 44.6 Å². The molecule has 0 aromatic heterocycles. The van der Waals surface area contributed by atoms with Crippen LogP contribution in [0.25, 0.3) is 0 Å². The van der Waals surface area contributed by atoms with Crippen LogP contribution < -0.4 is 4.72 Å². The monoisotopic (exact) mass is 308 g/mol. The lowest BCUT2D eigenvalue weighted by molar-refractivity contribution is -0.137. The van der Waals surface area contributed by atoms with Crippen molar-refractivity contribution in [2.24, 2.45) is 5.92 Å². The molecule has 8 heteroatoms. The molecule has 2 atom stereocenters. The molecule has 7 nitrogen and oxygen atoms in total. The quantitative estimate of drug-likeness (QED) is 0.621. The van der Waals surface area contributed by atoms with Crippen LogP contribution >= 0.6 is 0 Å². The summed E-state index contributed by atoms with van der Waals surface area (Å²) in [6, 6.07) is 0. The Bertz CT molecular complexity index is 439. The second-order valence-corrected chi connectivity index (χ2v) is 7.58. The van der Waals surface area contributed by atoms with E-state index in [0.29, 0.717) is 18.8 Å². The van der Waals surface area contributed by atoms with Gasteiger partial charge in [0.15, 0.2) is 0 Å². The molecule has 1 saturated carbocycles. The molecule has 1 rings (SSSR count). The van der Waals surface area contributed by atoms with Crippen LogP contribution in [0.2, 0.25) is 0 Å². The smallest absolute Gasteiger partial charge is 0.304 e. The summed E-state index contributed by atoms with van der Waals surface area (Å²) in [5.74, 6) is -0.672. The minimum absolute atomic E-state index is 0.0307. The summed E-state index contributed by atoms with van der Waals surface area (Å²) in [5, 5.41) is 18.9. The first-order valence-corrected chi connectivity index (χ1v) is 8.24. The van der Waals surface area contributed by atoms with Gasteiger partial charge < -0.3 is 10.2 Å². The second kappa shape index (κ2) is 6.84. The zero-order valence-electron chi connectivity index (χ0n) is 12.0. The molecule has 0 aliphatic heterocycles. The van der Waals surface area contributed by atoms with Crippen molar-refractivity contribution >= 4 is 16.2 Å². The topological polar surface area (TPSA) is 107 Å². The molecule has 1 aliphatic carbocycles. The van der Waals surface area contributed by atoms with E-state index in [9.17, 15) is 18.3 Å². The van der Waals surface area contributed by atoms with Gasteiger partial charge in [0, 0.05) is 20.1 Å². The standard InChI is InChI=1S/C12H24N2O5S/c1-10-4-3-6-12(17,8-10)9-13-20(18,19)14(2)7-5-11(15)16/h10,13,17H,3-9H2,1-2H3,(H,15,16). The van der Waals surface area contributed by atoms with E-state index in [0.717, 1.165) is 17.1 Å². The summed E-state index contributed by atoms with van der Waals surface area (Å²) in [5.41, 5.74) is -1.00. The Labute approximate surface area is 120 Å². The van der Waals surface area contributed by atoms with Crippen LogP contribution in [0.5, 0.6) is 0 Å². The van der Waals surface area contributed by atoms with E-state index in [1.807, 2.05) is 6.92 Å². The molecule has 0 amide bonds. The van der Waals surface area contributed by atoms with Crippen LogP contribution in [0, 0.1) is 5.92 Å². The molecule has 1 fully saturated rings. The number of rotatable bonds is 7. The van der Waals surface area contributed by atoms with Crippen LogP contribution in [0.1, 0.15) is 39.0 Å². The summed E-state index contributed by atoms with van der Waals surface area (Å²) < 4.78 is 27.2. The highest BCUT2D eigenvalue weighted by Gasteiger charge is 2.34. The average molecular weight is 308 g/mol. The summed E-state index contributed by atoms with van der Waals surface area (Å²) in [7, 11) is -2.43. The Morgan fingerprint density at radius 1 is 1.50 bits per heavy atom. The van der Waals surface area contributed by atoms with E-state index in [1.54, 1.807) is 0 Å². The van der Waals surface area contributed by atoms with E-state index in [2.05, 4.69) is 4.72 Å². The molecular weight excluding hydrogens is 284 g/mol. The van der Waals surface area contributed by atoms with E-state index < -0.39 is 21.8 Å². The van der Waals surface area contributed by atoms with Crippen molar-refractivity contribution in [1.82, 2.24) is 9.03 Å². The van der Waals surface area contributed by atoms with Crippen molar-refractivity contribution < 1.29 is 23.4 Å².